The molecule has 200 valence electrons. The Balaban J connectivity index is 2.17. The molecule has 0 bridgehead atoms. The van der Waals surface area contributed by atoms with Gasteiger partial charge in [-0.05, 0) is 0 Å². The van der Waals surface area contributed by atoms with E-state index < -0.39 is 77.3 Å². The number of nitrogens with one attached hydrogen (secondary N) is 2. The number of carbonyl (C=O) groups is 1. The lowest BCUT2D eigenvalue weighted by Gasteiger charge is -2.19. The van der Waals surface area contributed by atoms with Crippen LogP contribution in [-0.2, 0) is 31.6 Å². The molecule has 20 nitrogen and oxygen atoms in total. The van der Waals surface area contributed by atoms with Crippen LogP contribution in [0.15, 0.2) is 15.8 Å². The highest BCUT2D eigenvalue weighted by molar-refractivity contribution is 7.66. The monoisotopic (exact) mass is 570 g/mol. The van der Waals surface area contributed by atoms with Crippen molar-refractivity contribution in [3.05, 3.63) is 32.6 Å². The first-order valence-electron chi connectivity index (χ1n) is 9.10. The average Bonchev–Trinajstić information content (AvgIpc) is 2.96. The fourth-order valence-electron chi connectivity index (χ4n) is 2.68. The summed E-state index contributed by atoms with van der Waals surface area (Å²) in [5.74, 6) is -0.928. The molecule has 2 rings (SSSR count). The Labute approximate surface area is 193 Å². The smallest absolute Gasteiger partial charge is 0.387 e. The Morgan fingerprint density at radius 2 is 1.74 bits per heavy atom. The van der Waals surface area contributed by atoms with Gasteiger partial charge in [0, 0.05) is 19.3 Å². The number of carbonyl (C=O) groups excluding carboxylic acids is 1. The van der Waals surface area contributed by atoms with Gasteiger partial charge in [0.05, 0.1) is 6.61 Å². The Morgan fingerprint density at radius 3 is 2.31 bits per heavy atom. The molecule has 1 aromatic rings. The van der Waals surface area contributed by atoms with Crippen molar-refractivity contribution in [3.8, 4) is 0 Å². The largest absolute Gasteiger partial charge is 0.490 e. The molecular formula is C12H21N4O16P3. The molecular weight excluding hydrogens is 549 g/mol. The molecule has 1 amide bonds. The maximum atomic E-state index is 12.2. The Bertz CT molecular complexity index is 1190. The van der Waals surface area contributed by atoms with E-state index in [0.29, 0.717) is 4.57 Å². The molecule has 0 saturated carbocycles. The van der Waals surface area contributed by atoms with Gasteiger partial charge in [0.25, 0.3) is 11.5 Å². The summed E-state index contributed by atoms with van der Waals surface area (Å²) in [5.41, 5.74) is 2.41. The number of ether oxygens (including phenoxy) is 1. The summed E-state index contributed by atoms with van der Waals surface area (Å²) < 4.78 is 50.9. The van der Waals surface area contributed by atoms with Gasteiger partial charge in [-0.15, -0.1) is 0 Å². The minimum atomic E-state index is -5.80. The van der Waals surface area contributed by atoms with Crippen LogP contribution >= 0.6 is 23.5 Å². The Kier molecular flexibility index (Phi) is 9.48. The van der Waals surface area contributed by atoms with Crippen molar-refractivity contribution in [1.82, 2.24) is 14.9 Å². The molecule has 10 N–H and O–H groups in total. The lowest BCUT2D eigenvalue weighted by Crippen LogP contribution is -2.41. The van der Waals surface area contributed by atoms with Crippen LogP contribution in [0.5, 0.6) is 0 Å². The maximum Gasteiger partial charge on any atom is 0.490 e. The first-order valence-corrected chi connectivity index (χ1v) is 13.6. The van der Waals surface area contributed by atoms with E-state index in [1.54, 1.807) is 0 Å². The molecule has 1 saturated heterocycles. The van der Waals surface area contributed by atoms with E-state index in [4.69, 9.17) is 25.2 Å². The quantitative estimate of drug-likeness (QED) is 0.115. The van der Waals surface area contributed by atoms with Crippen molar-refractivity contribution >= 4 is 29.4 Å². The van der Waals surface area contributed by atoms with E-state index >= 15 is 0 Å². The van der Waals surface area contributed by atoms with Gasteiger partial charge in [-0.3, -0.25) is 23.7 Å². The fourth-order valence-corrected chi connectivity index (χ4v) is 5.71. The van der Waals surface area contributed by atoms with Crippen LogP contribution in [0.1, 0.15) is 16.6 Å². The third-order valence-electron chi connectivity index (χ3n) is 4.07. The SMILES string of the molecule is NCCNC(=O)c1cn([C@@H]2O[C@H](COP(=O)(O)OP(=O)(O)OP(=O)(O)O)[C@@H](O)[C@H]2O)c(=O)[nH]c1=O. The molecule has 0 aliphatic carbocycles. The number of phosphoric ester groups is 1. The number of H-pyrrole nitrogens is 1. The van der Waals surface area contributed by atoms with Gasteiger partial charge in [0.15, 0.2) is 6.23 Å². The van der Waals surface area contributed by atoms with E-state index in [0.717, 1.165) is 6.20 Å². The number of hydrogen-bond acceptors (Lipinski definition) is 13. The maximum absolute atomic E-state index is 12.2. The van der Waals surface area contributed by atoms with Crippen LogP contribution in [0.25, 0.3) is 0 Å². The number of aliphatic hydroxyl groups excluding tert-OH is 2. The first kappa shape index (κ1) is 29.6. The van der Waals surface area contributed by atoms with E-state index in [9.17, 15) is 43.2 Å². The second-order valence-corrected chi connectivity index (χ2v) is 11.1. The molecule has 0 aromatic carbocycles. The molecule has 1 fully saturated rings. The molecule has 1 aliphatic heterocycles. The van der Waals surface area contributed by atoms with Crippen molar-refractivity contribution < 1.29 is 66.2 Å². The number of aliphatic hydroxyl groups is 2. The zero-order valence-corrected chi connectivity index (χ0v) is 19.8. The van der Waals surface area contributed by atoms with Gasteiger partial charge in [-0.2, -0.15) is 8.62 Å². The van der Waals surface area contributed by atoms with Crippen molar-refractivity contribution in [1.29, 1.82) is 0 Å². The Hall–Kier alpha value is -1.60. The van der Waals surface area contributed by atoms with Crippen LogP contribution in [-0.4, -0.2) is 83.3 Å². The van der Waals surface area contributed by atoms with E-state index in [-0.39, 0.29) is 13.1 Å². The molecule has 2 unspecified atom stereocenters. The number of amides is 1. The number of nitrogens with two attached hydrogens (primary N) is 1. The van der Waals surface area contributed by atoms with Crippen LogP contribution in [0, 0.1) is 0 Å². The summed E-state index contributed by atoms with van der Waals surface area (Å²) in [5, 5.41) is 22.6. The second-order valence-electron chi connectivity index (χ2n) is 6.69. The number of aromatic nitrogens is 2. The lowest BCUT2D eigenvalue weighted by molar-refractivity contribution is -0.0543. The first-order chi connectivity index (χ1) is 16.0. The van der Waals surface area contributed by atoms with Crippen LogP contribution < -0.4 is 22.3 Å². The Morgan fingerprint density at radius 1 is 1.11 bits per heavy atom. The standard InChI is InChI=1S/C12H21N4O16P3/c13-1-2-14-9(19)5-3-16(12(21)15-10(5)20)11-8(18)7(17)6(30-11)4-29-34(25,26)32-35(27,28)31-33(22,23)24/h3,6-8,11,17-18H,1-2,4,13H2,(H,14,19)(H,25,26)(H,27,28)(H,15,20,21)(H2,22,23,24)/t6-,7-,8-,11-/m1/s1. The van der Waals surface area contributed by atoms with Crippen molar-refractivity contribution in [2.45, 2.75) is 24.5 Å². The number of rotatable bonds is 11. The van der Waals surface area contributed by atoms with Gasteiger partial charge in [0.1, 0.15) is 23.9 Å². The van der Waals surface area contributed by atoms with Crippen molar-refractivity contribution in [2.75, 3.05) is 19.7 Å². The highest BCUT2D eigenvalue weighted by atomic mass is 31.3. The van der Waals surface area contributed by atoms with Gasteiger partial charge in [-0.25, -0.2) is 18.5 Å². The van der Waals surface area contributed by atoms with E-state index in [1.807, 2.05) is 4.98 Å². The number of hydrogen-bond donors (Lipinski definition) is 9. The number of phosphoric acid groups is 3. The topological polar surface area (TPSA) is 319 Å². The molecule has 2 heterocycles. The third-order valence-corrected chi connectivity index (χ3v) is 7.87. The van der Waals surface area contributed by atoms with Crippen molar-refractivity contribution in [2.24, 2.45) is 5.73 Å². The van der Waals surface area contributed by atoms with Gasteiger partial charge in [-0.1, -0.05) is 0 Å². The van der Waals surface area contributed by atoms with Crippen molar-refractivity contribution in [3.63, 3.8) is 0 Å². The minimum absolute atomic E-state index is 0.0126. The molecule has 0 radical (unpaired) electrons. The highest BCUT2D eigenvalue weighted by Gasteiger charge is 2.47. The molecule has 6 atom stereocenters. The second kappa shape index (κ2) is 11.2. The summed E-state index contributed by atoms with van der Waals surface area (Å²) in [6, 6.07) is 0. The number of aromatic amines is 1. The molecule has 35 heavy (non-hydrogen) atoms. The lowest BCUT2D eigenvalue weighted by atomic mass is 10.1. The summed E-state index contributed by atoms with van der Waals surface area (Å²) in [4.78, 5) is 73.6. The minimum Gasteiger partial charge on any atom is -0.387 e. The van der Waals surface area contributed by atoms with Crippen LogP contribution in [0.2, 0.25) is 0 Å². The van der Waals surface area contributed by atoms with E-state index in [2.05, 4.69) is 18.5 Å². The zero-order chi connectivity index (χ0) is 26.8. The summed E-state index contributed by atoms with van der Waals surface area (Å²) in [6.07, 6.45) is -6.58. The molecule has 0 spiro atoms. The van der Waals surface area contributed by atoms with E-state index in [1.165, 1.54) is 0 Å². The fraction of sp³-hybridized carbons (Fsp3) is 0.583. The zero-order valence-electron chi connectivity index (χ0n) is 17.1. The van der Waals surface area contributed by atoms with Crippen LogP contribution in [0.3, 0.4) is 0 Å². The van der Waals surface area contributed by atoms with Gasteiger partial charge in [0.2, 0.25) is 0 Å². The summed E-state index contributed by atoms with van der Waals surface area (Å²) in [7, 11) is -17.0. The predicted molar refractivity (Wildman–Crippen MR) is 108 cm³/mol. The molecule has 1 aromatic heterocycles. The summed E-state index contributed by atoms with van der Waals surface area (Å²) in [6.45, 7) is -1.11. The van der Waals surface area contributed by atoms with Gasteiger partial charge >= 0.3 is 29.2 Å². The average molecular weight is 570 g/mol. The molecule has 23 heteroatoms. The predicted octanol–water partition coefficient (Wildman–Crippen LogP) is -3.81. The highest BCUT2D eigenvalue weighted by Crippen LogP contribution is 2.66. The number of nitrogens with zero attached hydrogens (tertiary/aromatic N) is 1. The van der Waals surface area contributed by atoms with Crippen LogP contribution in [0.4, 0.5) is 0 Å². The van der Waals surface area contributed by atoms with Gasteiger partial charge < -0.3 is 45.6 Å². The third kappa shape index (κ3) is 8.21. The molecule has 1 aliphatic rings. The summed E-state index contributed by atoms with van der Waals surface area (Å²) >= 11 is 0. The normalized spacial score (nSPS) is 26.1.